The number of hydrogen-bond acceptors (Lipinski definition) is 11. The molecule has 10 nitrogen and oxygen atoms in total. The van der Waals surface area contributed by atoms with Crippen LogP contribution in [-0.2, 0) is 4.74 Å². The molecule has 1 fully saturated rings. The molecule has 2 aliphatic heterocycles. The van der Waals surface area contributed by atoms with Gasteiger partial charge < -0.3 is 41.0 Å². The molecule has 0 amide bonds. The number of methoxy groups -OCH3 is 1. The van der Waals surface area contributed by atoms with Crippen molar-refractivity contribution in [3.05, 3.63) is 51.8 Å². The molecule has 0 aromatic heterocycles. The molecule has 7 N–H and O–H groups in total. The summed E-state index contributed by atoms with van der Waals surface area (Å²) in [5.74, 6) is -0.164. The van der Waals surface area contributed by atoms with Crippen LogP contribution in [0.15, 0.2) is 46.3 Å². The monoisotopic (exact) mass is 432 g/mol. The minimum absolute atomic E-state index is 0.0197. The number of nitrogens with zero attached hydrogens (tertiary/aromatic N) is 2. The molecule has 3 rings (SSSR count). The average Bonchev–Trinajstić information content (AvgIpc) is 2.75. The van der Waals surface area contributed by atoms with Gasteiger partial charge in [0.05, 0.1) is 41.3 Å². The van der Waals surface area contributed by atoms with Crippen molar-refractivity contribution in [2.45, 2.75) is 36.0 Å². The summed E-state index contributed by atoms with van der Waals surface area (Å²) >= 11 is 0.809. The number of benzene rings is 1. The Morgan fingerprint density at radius 2 is 1.67 bits per heavy atom. The van der Waals surface area contributed by atoms with E-state index < -0.39 is 36.0 Å². The highest BCUT2D eigenvalue weighted by Crippen LogP contribution is 2.42. The Bertz CT molecular complexity index is 951. The molecular weight excluding hydrogens is 412 g/mol. The van der Waals surface area contributed by atoms with Gasteiger partial charge >= 0.3 is 0 Å². The molecule has 0 spiro atoms. The van der Waals surface area contributed by atoms with E-state index in [0.29, 0.717) is 11.3 Å². The fourth-order valence-corrected chi connectivity index (χ4v) is 4.36. The Kier molecular flexibility index (Phi) is 6.53. The topological polar surface area (TPSA) is 185 Å². The Morgan fingerprint density at radius 1 is 1.03 bits per heavy atom. The first-order chi connectivity index (χ1) is 14.3. The van der Waals surface area contributed by atoms with Crippen molar-refractivity contribution in [1.82, 2.24) is 5.32 Å². The first-order valence-corrected chi connectivity index (χ1v) is 9.69. The highest BCUT2D eigenvalue weighted by Gasteiger charge is 2.44. The van der Waals surface area contributed by atoms with E-state index in [-0.39, 0.29) is 22.0 Å². The van der Waals surface area contributed by atoms with Crippen LogP contribution in [0.25, 0.3) is 0 Å². The van der Waals surface area contributed by atoms with Gasteiger partial charge in [0.15, 0.2) is 6.29 Å². The number of dihydropyridines is 1. The van der Waals surface area contributed by atoms with Crippen LogP contribution >= 0.6 is 11.8 Å². The van der Waals surface area contributed by atoms with Gasteiger partial charge in [-0.25, -0.2) is 0 Å². The number of allylic oxidation sites excluding steroid dienone is 2. The summed E-state index contributed by atoms with van der Waals surface area (Å²) in [4.78, 5) is 0. The molecule has 0 saturated carbocycles. The lowest BCUT2D eigenvalue weighted by Crippen LogP contribution is -2.56. The van der Waals surface area contributed by atoms with Gasteiger partial charge in [-0.3, -0.25) is 0 Å². The average molecular weight is 432 g/mol. The SMILES string of the molecule is COc1ccc(C2C(C#N)=C(N)NC(S[C@@H]3O[C@H](O)[C@@H](O)[C@H](O)[C@H]3O)=C2C#N)cc1. The molecule has 1 aromatic carbocycles. The molecule has 30 heavy (non-hydrogen) atoms. The summed E-state index contributed by atoms with van der Waals surface area (Å²) in [6.07, 6.45) is -6.61. The lowest BCUT2D eigenvalue weighted by Gasteiger charge is -2.38. The molecule has 2 aliphatic rings. The van der Waals surface area contributed by atoms with Crippen LogP contribution < -0.4 is 15.8 Å². The second kappa shape index (κ2) is 8.93. The minimum Gasteiger partial charge on any atom is -0.497 e. The normalized spacial score (nSPS) is 31.6. The number of aliphatic hydroxyl groups is 4. The largest absolute Gasteiger partial charge is 0.497 e. The van der Waals surface area contributed by atoms with Crippen LogP contribution in [0.2, 0.25) is 0 Å². The zero-order valence-electron chi connectivity index (χ0n) is 15.8. The zero-order chi connectivity index (χ0) is 22.0. The van der Waals surface area contributed by atoms with Crippen LogP contribution in [0.5, 0.6) is 5.75 Å². The van der Waals surface area contributed by atoms with Gasteiger partial charge in [-0.05, 0) is 17.7 Å². The fourth-order valence-electron chi connectivity index (χ4n) is 3.19. The number of nitriles is 2. The predicted molar refractivity (Wildman–Crippen MR) is 105 cm³/mol. The van der Waals surface area contributed by atoms with Crippen molar-refractivity contribution in [3.8, 4) is 17.9 Å². The lowest BCUT2D eigenvalue weighted by molar-refractivity contribution is -0.261. The molecule has 1 saturated heterocycles. The first-order valence-electron chi connectivity index (χ1n) is 8.81. The maximum Gasteiger partial charge on any atom is 0.185 e. The van der Waals surface area contributed by atoms with Crippen LogP contribution in [0.3, 0.4) is 0 Å². The van der Waals surface area contributed by atoms with Gasteiger partial charge in [0.1, 0.15) is 35.3 Å². The maximum atomic E-state index is 10.2. The lowest BCUT2D eigenvalue weighted by atomic mass is 9.84. The van der Waals surface area contributed by atoms with E-state index in [4.69, 9.17) is 15.2 Å². The summed E-state index contributed by atoms with van der Waals surface area (Å²) in [6.45, 7) is 0. The zero-order valence-corrected chi connectivity index (χ0v) is 16.6. The quantitative estimate of drug-likeness (QED) is 0.353. The Hall–Kier alpha value is -2.77. The van der Waals surface area contributed by atoms with Gasteiger partial charge in [0.25, 0.3) is 0 Å². The van der Waals surface area contributed by atoms with Crippen molar-refractivity contribution in [2.75, 3.05) is 7.11 Å². The van der Waals surface area contributed by atoms with E-state index in [2.05, 4.69) is 11.4 Å². The Morgan fingerprint density at radius 3 is 2.23 bits per heavy atom. The second-order valence-corrected chi connectivity index (χ2v) is 7.72. The predicted octanol–water partition coefficient (Wildman–Crippen LogP) is -0.698. The van der Waals surface area contributed by atoms with Crippen molar-refractivity contribution >= 4 is 11.8 Å². The molecule has 6 atom stereocenters. The number of aliphatic hydroxyl groups excluding tert-OH is 4. The van der Waals surface area contributed by atoms with E-state index in [1.54, 1.807) is 24.3 Å². The van der Waals surface area contributed by atoms with Gasteiger partial charge in [0.2, 0.25) is 0 Å². The molecule has 11 heteroatoms. The summed E-state index contributed by atoms with van der Waals surface area (Å²) < 4.78 is 10.3. The van der Waals surface area contributed by atoms with Crippen molar-refractivity contribution in [2.24, 2.45) is 5.73 Å². The number of nitrogens with two attached hydrogens (primary N) is 1. The van der Waals surface area contributed by atoms with Crippen LogP contribution in [-0.4, -0.2) is 57.6 Å². The molecule has 0 bridgehead atoms. The molecular formula is C19H20N4O6S. The van der Waals surface area contributed by atoms with Gasteiger partial charge in [-0.15, -0.1) is 0 Å². The third kappa shape index (κ3) is 3.95. The Balaban J connectivity index is 1.99. The molecule has 0 aliphatic carbocycles. The first kappa shape index (κ1) is 21.9. The molecule has 158 valence electrons. The van der Waals surface area contributed by atoms with Gasteiger partial charge in [0, 0.05) is 0 Å². The third-order valence-electron chi connectivity index (χ3n) is 4.83. The molecule has 0 radical (unpaired) electrons. The standard InChI is InChI=1S/C19H20N4O6S/c1-28-9-4-2-8(3-5-9)12-10(6-20)16(22)23-17(11(12)7-21)30-19-15(26)13(24)14(25)18(27)29-19/h2-5,12-15,18-19,23-27H,22H2,1H3/t12?,13-,14-,15+,18-,19-/m0/s1. The molecule has 1 unspecified atom stereocenters. The third-order valence-corrected chi connectivity index (χ3v) is 6.01. The van der Waals surface area contributed by atoms with E-state index in [9.17, 15) is 30.9 Å². The van der Waals surface area contributed by atoms with Crippen molar-refractivity contribution < 1.29 is 29.9 Å². The van der Waals surface area contributed by atoms with Crippen LogP contribution in [0.1, 0.15) is 11.5 Å². The summed E-state index contributed by atoms with van der Waals surface area (Å²) in [5, 5.41) is 61.9. The van der Waals surface area contributed by atoms with Gasteiger partial charge in [-0.2, -0.15) is 10.5 Å². The number of hydrogen-bond donors (Lipinski definition) is 6. The summed E-state index contributed by atoms with van der Waals surface area (Å²) in [7, 11) is 1.52. The van der Waals surface area contributed by atoms with E-state index in [1.165, 1.54) is 7.11 Å². The Labute approximate surface area is 176 Å². The number of rotatable bonds is 4. The highest BCUT2D eigenvalue weighted by molar-refractivity contribution is 8.03. The van der Waals surface area contributed by atoms with Crippen molar-refractivity contribution in [1.29, 1.82) is 10.5 Å². The fraction of sp³-hybridized carbons (Fsp3) is 0.368. The van der Waals surface area contributed by atoms with Crippen molar-refractivity contribution in [3.63, 3.8) is 0 Å². The molecule has 1 aromatic rings. The minimum atomic E-state index is -1.73. The van der Waals surface area contributed by atoms with Gasteiger partial charge in [-0.1, -0.05) is 23.9 Å². The number of thioether (sulfide) groups is 1. The van der Waals surface area contributed by atoms with E-state index in [0.717, 1.165) is 11.8 Å². The van der Waals surface area contributed by atoms with E-state index >= 15 is 0 Å². The summed E-state index contributed by atoms with van der Waals surface area (Å²) in [6, 6.07) is 10.9. The highest BCUT2D eigenvalue weighted by atomic mass is 32.2. The van der Waals surface area contributed by atoms with Crippen LogP contribution in [0.4, 0.5) is 0 Å². The smallest absolute Gasteiger partial charge is 0.185 e. The second-order valence-electron chi connectivity index (χ2n) is 6.61. The summed E-state index contributed by atoms with van der Waals surface area (Å²) in [5.41, 5.74) is 5.71. The molecule has 2 heterocycles. The van der Waals surface area contributed by atoms with Crippen LogP contribution in [0, 0.1) is 22.7 Å². The number of nitrogens with one attached hydrogen (secondary N) is 1. The maximum absolute atomic E-state index is 10.2. The number of ether oxygens (including phenoxy) is 2. The van der Waals surface area contributed by atoms with E-state index in [1.807, 2.05) is 6.07 Å².